The summed E-state index contributed by atoms with van der Waals surface area (Å²) in [4.78, 5) is 23.9. The number of piperidine rings is 1. The van der Waals surface area contributed by atoms with Crippen LogP contribution in [0.2, 0.25) is 5.02 Å². The van der Waals surface area contributed by atoms with E-state index in [1.807, 2.05) is 30.3 Å². The molecule has 1 amide bonds. The Labute approximate surface area is 194 Å². The molecule has 1 unspecified atom stereocenters. The lowest BCUT2D eigenvalue weighted by atomic mass is 9.97. The van der Waals surface area contributed by atoms with Crippen molar-refractivity contribution in [3.63, 3.8) is 0 Å². The number of aromatic nitrogens is 2. The summed E-state index contributed by atoms with van der Waals surface area (Å²) in [5, 5.41) is 4.33. The number of amides is 1. The Morgan fingerprint density at radius 3 is 2.91 bits per heavy atom. The molecule has 1 atom stereocenters. The Bertz CT molecular complexity index is 1280. The summed E-state index contributed by atoms with van der Waals surface area (Å²) in [6, 6.07) is 12.8. The molecule has 0 radical (unpaired) electrons. The molecule has 0 aliphatic carbocycles. The number of carbonyl (C=O) groups excluding carboxylic acids is 1. The number of thiophene rings is 1. The van der Waals surface area contributed by atoms with Gasteiger partial charge in [-0.15, -0.1) is 11.3 Å². The van der Waals surface area contributed by atoms with Crippen molar-refractivity contribution in [3.8, 4) is 0 Å². The Morgan fingerprint density at radius 1 is 1.22 bits per heavy atom. The van der Waals surface area contributed by atoms with E-state index in [-0.39, 0.29) is 17.6 Å². The normalized spacial score (nSPS) is 16.6. The number of nitrogens with one attached hydrogen (secondary N) is 1. The molecule has 32 heavy (non-hydrogen) atoms. The molecule has 1 N–H and O–H groups in total. The molecular formula is C24H22ClFN4OS. The van der Waals surface area contributed by atoms with E-state index in [2.05, 4.69) is 20.2 Å². The van der Waals surface area contributed by atoms with Gasteiger partial charge in [0.15, 0.2) is 0 Å². The Morgan fingerprint density at radius 2 is 2.06 bits per heavy atom. The molecular weight excluding hydrogens is 447 g/mol. The van der Waals surface area contributed by atoms with E-state index >= 15 is 0 Å². The first kappa shape index (κ1) is 21.1. The Balaban J connectivity index is 1.30. The summed E-state index contributed by atoms with van der Waals surface area (Å²) in [7, 11) is 0. The van der Waals surface area contributed by atoms with Gasteiger partial charge in [-0.05, 0) is 49.1 Å². The highest BCUT2D eigenvalue weighted by Gasteiger charge is 2.28. The third-order valence-corrected chi connectivity index (χ3v) is 7.32. The molecule has 5 rings (SSSR count). The molecule has 1 aliphatic heterocycles. The molecule has 1 fully saturated rings. The van der Waals surface area contributed by atoms with Gasteiger partial charge in [0.1, 0.15) is 18.0 Å². The summed E-state index contributed by atoms with van der Waals surface area (Å²) < 4.78 is 16.2. The summed E-state index contributed by atoms with van der Waals surface area (Å²) in [5.41, 5.74) is 1.78. The van der Waals surface area contributed by atoms with Gasteiger partial charge in [0.2, 0.25) is 5.91 Å². The third-order valence-electron chi connectivity index (χ3n) is 5.93. The number of fused-ring (bicyclic) bond motifs is 3. The van der Waals surface area contributed by atoms with Gasteiger partial charge in [0.05, 0.1) is 21.5 Å². The van der Waals surface area contributed by atoms with E-state index in [1.165, 1.54) is 23.7 Å². The molecule has 0 saturated carbocycles. The first-order chi connectivity index (χ1) is 15.6. The quantitative estimate of drug-likeness (QED) is 0.436. The molecule has 2 aromatic carbocycles. The average Bonchev–Trinajstić information content (AvgIpc) is 3.20. The fourth-order valence-electron chi connectivity index (χ4n) is 4.30. The van der Waals surface area contributed by atoms with E-state index in [1.54, 1.807) is 6.07 Å². The number of hydrogen-bond donors (Lipinski definition) is 1. The van der Waals surface area contributed by atoms with Gasteiger partial charge < -0.3 is 10.2 Å². The first-order valence-corrected chi connectivity index (χ1v) is 11.9. The zero-order chi connectivity index (χ0) is 22.1. The summed E-state index contributed by atoms with van der Waals surface area (Å²) in [6.07, 6.45) is 4.00. The number of halogens is 2. The molecule has 2 aromatic heterocycles. The van der Waals surface area contributed by atoms with Crippen LogP contribution in [0, 0.1) is 11.7 Å². The summed E-state index contributed by atoms with van der Waals surface area (Å²) in [6.45, 7) is 2.00. The van der Waals surface area contributed by atoms with Gasteiger partial charge in [-0.3, -0.25) is 4.79 Å². The lowest BCUT2D eigenvalue weighted by Crippen LogP contribution is -2.43. The summed E-state index contributed by atoms with van der Waals surface area (Å²) >= 11 is 7.43. The second kappa shape index (κ2) is 9.00. The van der Waals surface area contributed by atoms with Crippen molar-refractivity contribution in [3.05, 3.63) is 65.2 Å². The van der Waals surface area contributed by atoms with E-state index in [4.69, 9.17) is 11.6 Å². The van der Waals surface area contributed by atoms with Crippen LogP contribution in [0.3, 0.4) is 0 Å². The van der Waals surface area contributed by atoms with Crippen LogP contribution in [0.25, 0.3) is 20.3 Å². The predicted octanol–water partition coefficient (Wildman–Crippen LogP) is 5.21. The molecule has 5 nitrogen and oxygen atoms in total. The number of nitrogens with zero attached hydrogens (tertiary/aromatic N) is 3. The van der Waals surface area contributed by atoms with Crippen molar-refractivity contribution >= 4 is 55.0 Å². The van der Waals surface area contributed by atoms with E-state index in [0.717, 1.165) is 46.6 Å². The topological polar surface area (TPSA) is 58.1 Å². The van der Waals surface area contributed by atoms with Crippen molar-refractivity contribution < 1.29 is 9.18 Å². The maximum Gasteiger partial charge on any atom is 0.224 e. The molecule has 3 heterocycles. The Hall–Kier alpha value is -2.77. The van der Waals surface area contributed by atoms with Crippen LogP contribution in [-0.2, 0) is 11.2 Å². The maximum absolute atomic E-state index is 14.4. The zero-order valence-electron chi connectivity index (χ0n) is 17.4. The van der Waals surface area contributed by atoms with Gasteiger partial charge in [-0.2, -0.15) is 0 Å². The van der Waals surface area contributed by atoms with Crippen LogP contribution >= 0.6 is 22.9 Å². The number of rotatable bonds is 5. The van der Waals surface area contributed by atoms with Crippen molar-refractivity contribution in [1.29, 1.82) is 0 Å². The fourth-order valence-corrected chi connectivity index (χ4v) is 5.61. The molecule has 0 spiro atoms. The number of carbonyl (C=O) groups is 1. The molecule has 8 heteroatoms. The lowest BCUT2D eigenvalue weighted by molar-refractivity contribution is -0.125. The van der Waals surface area contributed by atoms with Gasteiger partial charge in [-0.1, -0.05) is 29.8 Å². The second-order valence-corrected chi connectivity index (χ2v) is 9.53. The van der Waals surface area contributed by atoms with Crippen LogP contribution in [0.4, 0.5) is 10.2 Å². The van der Waals surface area contributed by atoms with Crippen LogP contribution < -0.4 is 10.2 Å². The maximum atomic E-state index is 14.4. The van der Waals surface area contributed by atoms with E-state index in [9.17, 15) is 9.18 Å². The fraction of sp³-hybridized carbons (Fsp3) is 0.292. The minimum atomic E-state index is -0.269. The third kappa shape index (κ3) is 4.14. The van der Waals surface area contributed by atoms with Crippen molar-refractivity contribution in [1.82, 2.24) is 15.3 Å². The smallest absolute Gasteiger partial charge is 0.224 e. The monoisotopic (exact) mass is 468 g/mol. The largest absolute Gasteiger partial charge is 0.355 e. The lowest BCUT2D eigenvalue weighted by Gasteiger charge is -2.33. The standard InChI is InChI=1S/C24H22ClFN4OS/c25-17-8-6-15(7-9-17)10-11-27-24(31)16-3-2-12-30(13-16)23-22-21(28-14-29-23)20-18(26)4-1-5-19(20)32-22/h1,4-9,14,16H,2-3,10-13H2,(H,27,31). The van der Waals surface area contributed by atoms with Crippen LogP contribution in [0.15, 0.2) is 48.8 Å². The molecule has 164 valence electrons. The number of anilines is 1. The Kier molecular flexibility index (Phi) is 5.93. The highest BCUT2D eigenvalue weighted by molar-refractivity contribution is 7.26. The molecule has 1 saturated heterocycles. The van der Waals surface area contributed by atoms with Gasteiger partial charge in [0.25, 0.3) is 0 Å². The van der Waals surface area contributed by atoms with E-state index < -0.39 is 0 Å². The number of hydrogen-bond acceptors (Lipinski definition) is 5. The highest BCUT2D eigenvalue weighted by atomic mass is 35.5. The second-order valence-electron chi connectivity index (χ2n) is 8.04. The SMILES string of the molecule is O=C(NCCc1ccc(Cl)cc1)C1CCCN(c2ncnc3c2sc2cccc(F)c23)C1. The zero-order valence-corrected chi connectivity index (χ0v) is 18.9. The highest BCUT2D eigenvalue weighted by Crippen LogP contribution is 2.39. The van der Waals surface area contributed by atoms with Crippen molar-refractivity contribution in [2.75, 3.05) is 24.5 Å². The first-order valence-electron chi connectivity index (χ1n) is 10.7. The van der Waals surface area contributed by atoms with Crippen molar-refractivity contribution in [2.45, 2.75) is 19.3 Å². The van der Waals surface area contributed by atoms with Crippen LogP contribution in [-0.4, -0.2) is 35.5 Å². The number of benzene rings is 2. The average molecular weight is 469 g/mol. The predicted molar refractivity (Wildman–Crippen MR) is 128 cm³/mol. The van der Waals surface area contributed by atoms with E-state index in [0.29, 0.717) is 29.0 Å². The van der Waals surface area contributed by atoms with Crippen molar-refractivity contribution in [2.24, 2.45) is 5.92 Å². The van der Waals surface area contributed by atoms with Gasteiger partial charge in [0, 0.05) is 29.4 Å². The van der Waals surface area contributed by atoms with Gasteiger partial charge in [-0.25, -0.2) is 14.4 Å². The minimum Gasteiger partial charge on any atom is -0.355 e. The molecule has 0 bridgehead atoms. The molecule has 1 aliphatic rings. The van der Waals surface area contributed by atoms with Gasteiger partial charge >= 0.3 is 0 Å². The van der Waals surface area contributed by atoms with Crippen LogP contribution in [0.5, 0.6) is 0 Å². The summed E-state index contributed by atoms with van der Waals surface area (Å²) in [5.74, 6) is 0.477. The minimum absolute atomic E-state index is 0.0661. The molecule has 4 aromatic rings. The van der Waals surface area contributed by atoms with Crippen LogP contribution in [0.1, 0.15) is 18.4 Å².